The van der Waals surface area contributed by atoms with Gasteiger partial charge in [-0.2, -0.15) is 13.2 Å². The monoisotopic (exact) mass is 487 g/mol. The molecule has 3 aromatic rings. The van der Waals surface area contributed by atoms with Crippen molar-refractivity contribution in [1.82, 2.24) is 15.1 Å². The molecule has 1 fully saturated rings. The Morgan fingerprint density at radius 1 is 1.21 bits per heavy atom. The van der Waals surface area contributed by atoms with Gasteiger partial charge in [0.15, 0.2) is 17.5 Å². The van der Waals surface area contributed by atoms with E-state index in [0.29, 0.717) is 41.5 Å². The Labute approximate surface area is 191 Å². The zero-order valence-corrected chi connectivity index (χ0v) is 18.3. The standard InChI is InChI=1S/C21H21ClF3N3O5/c1-30-9-16-17(32-19(26-16)11-2-4-12(5-3-11)21(23,24)25)10-31-13-6-7-14(15(22)8-13)18-27-20(29)33-28-18/h6-8,11-12H,2-5,9-10H2,1H3,(H,27,28,29). The van der Waals surface area contributed by atoms with Crippen molar-refractivity contribution in [3.8, 4) is 17.1 Å². The summed E-state index contributed by atoms with van der Waals surface area (Å²) in [6.45, 7) is 0.208. The van der Waals surface area contributed by atoms with E-state index in [2.05, 4.69) is 19.6 Å². The number of aromatic amines is 1. The Bertz CT molecular complexity index is 1150. The van der Waals surface area contributed by atoms with Gasteiger partial charge in [0.25, 0.3) is 0 Å². The molecular weight excluding hydrogens is 467 g/mol. The molecule has 4 rings (SSSR count). The van der Waals surface area contributed by atoms with Crippen LogP contribution in [0.4, 0.5) is 13.2 Å². The number of benzene rings is 1. The van der Waals surface area contributed by atoms with Crippen LogP contribution in [0.3, 0.4) is 0 Å². The number of halogens is 4. The fourth-order valence-electron chi connectivity index (χ4n) is 3.88. The summed E-state index contributed by atoms with van der Waals surface area (Å²) in [5, 5.41) is 3.89. The van der Waals surface area contributed by atoms with Gasteiger partial charge in [-0.3, -0.25) is 9.51 Å². The van der Waals surface area contributed by atoms with Crippen LogP contribution in [0, 0.1) is 5.92 Å². The van der Waals surface area contributed by atoms with Gasteiger partial charge in [0.2, 0.25) is 0 Å². The summed E-state index contributed by atoms with van der Waals surface area (Å²) in [5.41, 5.74) is 1.000. The van der Waals surface area contributed by atoms with Gasteiger partial charge in [-0.25, -0.2) is 9.78 Å². The Kier molecular flexibility index (Phi) is 6.80. The predicted octanol–water partition coefficient (Wildman–Crippen LogP) is 5.23. The second kappa shape index (κ2) is 9.60. The molecular formula is C21H21ClF3N3O5. The number of nitrogens with one attached hydrogen (secondary N) is 1. The normalized spacial score (nSPS) is 19.1. The highest BCUT2D eigenvalue weighted by atomic mass is 35.5. The maximum atomic E-state index is 12.9. The second-order valence-electron chi connectivity index (χ2n) is 7.82. The summed E-state index contributed by atoms with van der Waals surface area (Å²) in [7, 11) is 1.51. The summed E-state index contributed by atoms with van der Waals surface area (Å²) >= 11 is 6.27. The molecule has 0 unspecified atom stereocenters. The van der Waals surface area contributed by atoms with E-state index in [1.807, 2.05) is 0 Å². The summed E-state index contributed by atoms with van der Waals surface area (Å²) in [5.74, 6) is -0.671. The van der Waals surface area contributed by atoms with E-state index in [-0.39, 0.29) is 42.8 Å². The first-order chi connectivity index (χ1) is 15.7. The molecule has 0 bridgehead atoms. The van der Waals surface area contributed by atoms with Crippen molar-refractivity contribution < 1.29 is 31.6 Å². The van der Waals surface area contributed by atoms with Gasteiger partial charge in [0, 0.05) is 18.6 Å². The molecule has 0 radical (unpaired) electrons. The van der Waals surface area contributed by atoms with Crippen LogP contribution in [0.5, 0.6) is 5.75 Å². The van der Waals surface area contributed by atoms with Crippen LogP contribution in [0.2, 0.25) is 5.02 Å². The van der Waals surface area contributed by atoms with Crippen LogP contribution in [0.1, 0.15) is 48.9 Å². The number of methoxy groups -OCH3 is 1. The number of rotatable bonds is 7. The number of hydrogen-bond acceptors (Lipinski definition) is 7. The summed E-state index contributed by atoms with van der Waals surface area (Å²) in [6.07, 6.45) is -3.33. The van der Waals surface area contributed by atoms with Crippen LogP contribution < -0.4 is 10.5 Å². The topological polar surface area (TPSA) is 103 Å². The summed E-state index contributed by atoms with van der Waals surface area (Å²) in [6, 6.07) is 4.81. The van der Waals surface area contributed by atoms with Crippen LogP contribution in [-0.2, 0) is 18.0 Å². The molecule has 2 heterocycles. The van der Waals surface area contributed by atoms with Gasteiger partial charge >= 0.3 is 11.9 Å². The van der Waals surface area contributed by atoms with E-state index in [1.54, 1.807) is 18.2 Å². The van der Waals surface area contributed by atoms with E-state index in [1.165, 1.54) is 7.11 Å². The fourth-order valence-corrected chi connectivity index (χ4v) is 4.14. The van der Waals surface area contributed by atoms with Crippen molar-refractivity contribution in [3.63, 3.8) is 0 Å². The van der Waals surface area contributed by atoms with E-state index < -0.39 is 17.9 Å². The lowest BCUT2D eigenvalue weighted by atomic mass is 9.81. The van der Waals surface area contributed by atoms with Crippen LogP contribution >= 0.6 is 11.6 Å². The van der Waals surface area contributed by atoms with Crippen molar-refractivity contribution in [3.05, 3.63) is 51.1 Å². The van der Waals surface area contributed by atoms with Gasteiger partial charge in [0.05, 0.1) is 17.5 Å². The van der Waals surface area contributed by atoms with Crippen molar-refractivity contribution in [2.24, 2.45) is 5.92 Å². The molecule has 1 N–H and O–H groups in total. The van der Waals surface area contributed by atoms with Crippen molar-refractivity contribution in [2.45, 2.75) is 51.0 Å². The van der Waals surface area contributed by atoms with E-state index in [9.17, 15) is 18.0 Å². The number of aromatic nitrogens is 3. The Morgan fingerprint density at radius 3 is 2.58 bits per heavy atom. The average Bonchev–Trinajstić information content (AvgIpc) is 3.38. The number of hydrogen-bond donors (Lipinski definition) is 1. The molecule has 33 heavy (non-hydrogen) atoms. The third kappa shape index (κ3) is 5.41. The van der Waals surface area contributed by atoms with Gasteiger partial charge < -0.3 is 13.9 Å². The highest BCUT2D eigenvalue weighted by molar-refractivity contribution is 6.33. The summed E-state index contributed by atoms with van der Waals surface area (Å²) in [4.78, 5) is 18.0. The lowest BCUT2D eigenvalue weighted by Gasteiger charge is -2.28. The molecule has 0 amide bonds. The molecule has 1 saturated carbocycles. The third-order valence-electron chi connectivity index (χ3n) is 5.62. The molecule has 0 spiro atoms. The molecule has 1 aliphatic carbocycles. The molecule has 0 aliphatic heterocycles. The Hall–Kier alpha value is -2.79. The zero-order valence-electron chi connectivity index (χ0n) is 17.6. The molecule has 2 aromatic heterocycles. The first kappa shape index (κ1) is 23.4. The Balaban J connectivity index is 1.44. The molecule has 1 aromatic carbocycles. The van der Waals surface area contributed by atoms with E-state index in [0.717, 1.165) is 0 Å². The quantitative estimate of drug-likeness (QED) is 0.486. The lowest BCUT2D eigenvalue weighted by molar-refractivity contribution is -0.182. The molecule has 0 atom stereocenters. The molecule has 8 nitrogen and oxygen atoms in total. The number of alkyl halides is 3. The van der Waals surface area contributed by atoms with Gasteiger partial charge in [0.1, 0.15) is 18.1 Å². The van der Waals surface area contributed by atoms with Crippen LogP contribution in [-0.4, -0.2) is 28.4 Å². The SMILES string of the molecule is COCc1nc(C2CCC(C(F)(F)F)CC2)oc1COc1ccc(-c2noc(=O)[nH]2)c(Cl)c1. The zero-order chi connectivity index (χ0) is 23.6. The number of H-pyrrole nitrogens is 1. The molecule has 178 valence electrons. The molecule has 12 heteroatoms. The minimum absolute atomic E-state index is 0.0278. The number of nitrogens with zero attached hydrogens (tertiary/aromatic N) is 2. The number of ether oxygens (including phenoxy) is 2. The van der Waals surface area contributed by atoms with Gasteiger partial charge in [-0.1, -0.05) is 16.8 Å². The average molecular weight is 488 g/mol. The molecule has 1 aliphatic rings. The van der Waals surface area contributed by atoms with E-state index in [4.69, 9.17) is 25.5 Å². The largest absolute Gasteiger partial charge is 0.486 e. The minimum atomic E-state index is -4.17. The predicted molar refractivity (Wildman–Crippen MR) is 110 cm³/mol. The van der Waals surface area contributed by atoms with Gasteiger partial charge in [-0.05, 0) is 43.9 Å². The number of oxazole rings is 1. The van der Waals surface area contributed by atoms with Crippen LogP contribution in [0.15, 0.2) is 31.9 Å². The van der Waals surface area contributed by atoms with Crippen molar-refractivity contribution in [2.75, 3.05) is 7.11 Å². The van der Waals surface area contributed by atoms with Crippen LogP contribution in [0.25, 0.3) is 11.4 Å². The summed E-state index contributed by atoms with van der Waals surface area (Å²) < 4.78 is 60.2. The minimum Gasteiger partial charge on any atom is -0.486 e. The van der Waals surface area contributed by atoms with Crippen molar-refractivity contribution in [1.29, 1.82) is 0 Å². The van der Waals surface area contributed by atoms with E-state index >= 15 is 0 Å². The molecule has 0 saturated heterocycles. The van der Waals surface area contributed by atoms with Crippen molar-refractivity contribution >= 4 is 11.6 Å². The maximum Gasteiger partial charge on any atom is 0.439 e. The Morgan fingerprint density at radius 2 is 1.97 bits per heavy atom. The third-order valence-corrected chi connectivity index (χ3v) is 5.93. The smallest absolute Gasteiger partial charge is 0.439 e. The second-order valence-corrected chi connectivity index (χ2v) is 8.23. The maximum absolute atomic E-state index is 12.9. The first-order valence-corrected chi connectivity index (χ1v) is 10.6. The highest BCUT2D eigenvalue weighted by Crippen LogP contribution is 2.43. The lowest BCUT2D eigenvalue weighted by Crippen LogP contribution is -2.27. The fraction of sp³-hybridized carbons (Fsp3) is 0.476. The highest BCUT2D eigenvalue weighted by Gasteiger charge is 2.42. The first-order valence-electron chi connectivity index (χ1n) is 10.3. The van der Waals surface area contributed by atoms with Gasteiger partial charge in [-0.15, -0.1) is 0 Å².